The van der Waals surface area contributed by atoms with Gasteiger partial charge in [-0.05, 0) is 42.7 Å². The monoisotopic (exact) mass is 760 g/mol. The Morgan fingerprint density at radius 2 is 1.35 bits per heavy atom. The number of nitrogens with zero attached hydrogens (tertiary/aromatic N) is 2. The van der Waals surface area contributed by atoms with Crippen molar-refractivity contribution < 1.29 is 29.4 Å². The number of rotatable bonds is 15. The Balaban J connectivity index is 0.000000236. The van der Waals surface area contributed by atoms with Crippen LogP contribution in [0.2, 0.25) is 10.0 Å². The lowest BCUT2D eigenvalue weighted by Gasteiger charge is -2.15. The molecule has 13 heteroatoms. The Kier molecular flexibility index (Phi) is 15.3. The third kappa shape index (κ3) is 12.3. The van der Waals surface area contributed by atoms with Crippen LogP contribution in [0, 0.1) is 11.8 Å². The van der Waals surface area contributed by atoms with E-state index in [2.05, 4.69) is 20.6 Å². The highest BCUT2D eigenvalue weighted by Gasteiger charge is 2.24. The summed E-state index contributed by atoms with van der Waals surface area (Å²) in [4.78, 5) is 55.7. The number of pyridine rings is 1. The number of carbonyl (C=O) groups is 4. The standard InChI is InChI=1S/C22H19ClN2O3.C17H19ClN2O3S/c23-19-9-5-4-8-18(19)16-10-11-20(24-14-16)25-22(28)17(13-21(26)27)12-15-6-2-1-3-7-15;1-2-3-6-11(9-15(21)22)16(23)20-17-19-14(10-24-17)12-7-4-5-8-13(12)18/h1-11,14,17H,12-13H2,(H,26,27)(H,24,25,28);4-5,7-8,10-11H,2-3,6,9H2,1H3,(H,21,22)(H,19,20,23)/t17-;11-/m11/s1. The van der Waals surface area contributed by atoms with Gasteiger partial charge < -0.3 is 20.8 Å². The van der Waals surface area contributed by atoms with Gasteiger partial charge in [-0.2, -0.15) is 0 Å². The molecule has 52 heavy (non-hydrogen) atoms. The smallest absolute Gasteiger partial charge is 0.304 e. The maximum absolute atomic E-state index is 12.6. The summed E-state index contributed by atoms with van der Waals surface area (Å²) in [7, 11) is 0. The van der Waals surface area contributed by atoms with Crippen LogP contribution in [0.1, 0.15) is 44.6 Å². The number of hydrogen-bond acceptors (Lipinski definition) is 7. The molecule has 0 spiro atoms. The molecule has 2 aromatic heterocycles. The summed E-state index contributed by atoms with van der Waals surface area (Å²) in [5, 5.41) is 27.0. The fourth-order valence-corrected chi connectivity index (χ4v) is 6.43. The highest BCUT2D eigenvalue weighted by molar-refractivity contribution is 7.14. The Hall–Kier alpha value is -5.10. The number of aromatic nitrogens is 2. The number of unbranched alkanes of at least 4 members (excludes halogenated alkanes) is 1. The first-order valence-corrected chi connectivity index (χ1v) is 18.2. The van der Waals surface area contributed by atoms with Crippen molar-refractivity contribution in [2.45, 2.75) is 45.4 Å². The lowest BCUT2D eigenvalue weighted by atomic mass is 9.95. The second-order valence-electron chi connectivity index (χ2n) is 11.8. The number of nitrogens with one attached hydrogen (secondary N) is 2. The van der Waals surface area contributed by atoms with Crippen LogP contribution in [-0.4, -0.2) is 43.9 Å². The Bertz CT molecular complexity index is 1960. The molecule has 10 nitrogen and oxygen atoms in total. The molecule has 0 radical (unpaired) electrons. The summed E-state index contributed by atoms with van der Waals surface area (Å²) < 4.78 is 0. The minimum absolute atomic E-state index is 0.172. The Labute approximate surface area is 315 Å². The molecule has 0 unspecified atom stereocenters. The zero-order chi connectivity index (χ0) is 37.5. The number of carbonyl (C=O) groups excluding carboxylic acids is 2. The van der Waals surface area contributed by atoms with Crippen LogP contribution in [0.3, 0.4) is 0 Å². The molecule has 0 bridgehead atoms. The van der Waals surface area contributed by atoms with E-state index in [1.807, 2.05) is 85.1 Å². The van der Waals surface area contributed by atoms with Crippen LogP contribution in [-0.2, 0) is 25.6 Å². The van der Waals surface area contributed by atoms with Gasteiger partial charge in [-0.15, -0.1) is 11.3 Å². The number of amides is 2. The van der Waals surface area contributed by atoms with Gasteiger partial charge in [0.1, 0.15) is 5.82 Å². The number of aliphatic carboxylic acids is 2. The minimum Gasteiger partial charge on any atom is -0.481 e. The van der Waals surface area contributed by atoms with Gasteiger partial charge in [0.25, 0.3) is 0 Å². The van der Waals surface area contributed by atoms with Crippen LogP contribution in [0.5, 0.6) is 0 Å². The molecule has 270 valence electrons. The maximum atomic E-state index is 12.6. The van der Waals surface area contributed by atoms with E-state index in [-0.39, 0.29) is 24.7 Å². The minimum atomic E-state index is -1.02. The predicted molar refractivity (Wildman–Crippen MR) is 206 cm³/mol. The zero-order valence-corrected chi connectivity index (χ0v) is 30.6. The SMILES string of the molecule is CCCC[C@H](CC(=O)O)C(=O)Nc1nc(-c2ccccc2Cl)cs1.O=C(O)C[C@@H](Cc1ccccc1)C(=O)Nc1ccc(-c2ccccc2Cl)cn1. The third-order valence-corrected chi connectivity index (χ3v) is 9.32. The van der Waals surface area contributed by atoms with Crippen molar-refractivity contribution in [3.8, 4) is 22.4 Å². The topological polar surface area (TPSA) is 159 Å². The quantitative estimate of drug-likeness (QED) is 0.0822. The summed E-state index contributed by atoms with van der Waals surface area (Å²) >= 11 is 13.6. The molecule has 0 aliphatic heterocycles. The second-order valence-corrected chi connectivity index (χ2v) is 13.5. The van der Waals surface area contributed by atoms with Gasteiger partial charge in [0, 0.05) is 44.2 Å². The van der Waals surface area contributed by atoms with Gasteiger partial charge in [-0.3, -0.25) is 19.2 Å². The zero-order valence-electron chi connectivity index (χ0n) is 28.3. The highest BCUT2D eigenvalue weighted by Crippen LogP contribution is 2.31. The largest absolute Gasteiger partial charge is 0.481 e. The van der Waals surface area contributed by atoms with Crippen molar-refractivity contribution >= 4 is 69.2 Å². The van der Waals surface area contributed by atoms with Gasteiger partial charge in [0.2, 0.25) is 11.8 Å². The molecule has 2 amide bonds. The molecule has 5 aromatic rings. The lowest BCUT2D eigenvalue weighted by Crippen LogP contribution is -2.27. The molecule has 5 rings (SSSR count). The molecule has 0 saturated carbocycles. The van der Waals surface area contributed by atoms with Gasteiger partial charge in [0.05, 0.1) is 24.5 Å². The summed E-state index contributed by atoms with van der Waals surface area (Å²) in [5.41, 5.74) is 4.07. The van der Waals surface area contributed by atoms with Crippen molar-refractivity contribution in [2.24, 2.45) is 11.8 Å². The predicted octanol–water partition coefficient (Wildman–Crippen LogP) is 9.36. The van der Waals surface area contributed by atoms with E-state index >= 15 is 0 Å². The molecule has 0 saturated heterocycles. The Morgan fingerprint density at radius 3 is 1.94 bits per heavy atom. The van der Waals surface area contributed by atoms with Gasteiger partial charge >= 0.3 is 11.9 Å². The average molecular weight is 762 g/mol. The number of anilines is 2. The van der Waals surface area contributed by atoms with E-state index in [9.17, 15) is 19.2 Å². The fraction of sp³-hybridized carbons (Fsp3) is 0.231. The Morgan fingerprint density at radius 1 is 0.750 bits per heavy atom. The molecule has 2 atom stereocenters. The summed E-state index contributed by atoms with van der Waals surface area (Å²) in [6.07, 6.45) is 3.83. The van der Waals surface area contributed by atoms with Crippen molar-refractivity contribution in [1.82, 2.24) is 9.97 Å². The van der Waals surface area contributed by atoms with Gasteiger partial charge in [0.15, 0.2) is 5.13 Å². The molecule has 0 aliphatic rings. The summed E-state index contributed by atoms with van der Waals surface area (Å²) in [5.74, 6) is -3.53. The normalized spacial score (nSPS) is 11.8. The van der Waals surface area contributed by atoms with E-state index in [4.69, 9.17) is 33.4 Å². The molecular formula is C39H38Cl2N4O6S. The van der Waals surface area contributed by atoms with Crippen LogP contribution in [0.25, 0.3) is 22.4 Å². The van der Waals surface area contributed by atoms with E-state index in [0.717, 1.165) is 35.1 Å². The molecular weight excluding hydrogens is 723 g/mol. The maximum Gasteiger partial charge on any atom is 0.304 e. The van der Waals surface area contributed by atoms with E-state index in [0.29, 0.717) is 39.5 Å². The van der Waals surface area contributed by atoms with E-state index < -0.39 is 23.8 Å². The fourth-order valence-electron chi connectivity index (χ4n) is 5.24. The van der Waals surface area contributed by atoms with Crippen molar-refractivity contribution in [3.63, 3.8) is 0 Å². The number of hydrogen-bond donors (Lipinski definition) is 4. The molecule has 0 fully saturated rings. The van der Waals surface area contributed by atoms with Crippen molar-refractivity contribution in [2.75, 3.05) is 10.6 Å². The van der Waals surface area contributed by atoms with Crippen LogP contribution >= 0.6 is 34.5 Å². The first kappa shape index (κ1) is 39.7. The molecule has 3 aromatic carbocycles. The van der Waals surface area contributed by atoms with Crippen molar-refractivity contribution in [1.29, 1.82) is 0 Å². The summed E-state index contributed by atoms with van der Waals surface area (Å²) in [6, 6.07) is 27.6. The highest BCUT2D eigenvalue weighted by atomic mass is 35.5. The van der Waals surface area contributed by atoms with Crippen LogP contribution < -0.4 is 10.6 Å². The number of carboxylic acid groups (broad SMARTS) is 2. The van der Waals surface area contributed by atoms with Gasteiger partial charge in [-0.25, -0.2) is 9.97 Å². The van der Waals surface area contributed by atoms with Crippen LogP contribution in [0.15, 0.2) is 103 Å². The number of carboxylic acids is 2. The first-order chi connectivity index (χ1) is 25.0. The number of thiazole rings is 1. The van der Waals surface area contributed by atoms with Crippen LogP contribution in [0.4, 0.5) is 10.9 Å². The van der Waals surface area contributed by atoms with Gasteiger partial charge in [-0.1, -0.05) is 110 Å². The molecule has 2 heterocycles. The third-order valence-electron chi connectivity index (χ3n) is 7.90. The van der Waals surface area contributed by atoms with E-state index in [1.54, 1.807) is 24.4 Å². The average Bonchev–Trinajstić information content (AvgIpc) is 3.59. The lowest BCUT2D eigenvalue weighted by molar-refractivity contribution is -0.140. The summed E-state index contributed by atoms with van der Waals surface area (Å²) in [6.45, 7) is 2.01. The molecule has 0 aliphatic carbocycles. The number of benzene rings is 3. The van der Waals surface area contributed by atoms with Crippen molar-refractivity contribution in [3.05, 3.63) is 118 Å². The number of halogens is 2. The second kappa shape index (κ2) is 20.1. The first-order valence-electron chi connectivity index (χ1n) is 16.5. The molecule has 4 N–H and O–H groups in total. The van der Waals surface area contributed by atoms with E-state index in [1.165, 1.54) is 11.3 Å².